The molecule has 3 rings (SSSR count). The van der Waals surface area contributed by atoms with Gasteiger partial charge in [0.25, 0.3) is 5.91 Å². The average molecular weight is 300 g/mol. The summed E-state index contributed by atoms with van der Waals surface area (Å²) in [5, 5.41) is 17.1. The Hall–Kier alpha value is -3.03. The van der Waals surface area contributed by atoms with E-state index in [2.05, 4.69) is 25.8 Å². The first-order valence-corrected chi connectivity index (χ1v) is 6.59. The topological polar surface area (TPSA) is 88.5 Å². The van der Waals surface area contributed by atoms with Crippen LogP contribution in [0.3, 0.4) is 0 Å². The molecule has 0 saturated heterocycles. The standard InChI is InChI=1S/C14H13FN6O/c1-9-10(7-17-18-9)6-16-14(22)13-8-21(20-19-13)12-4-2-11(15)3-5-12/h2-5,7-8H,6H2,1H3,(H,16,22)(H,17,18). The van der Waals surface area contributed by atoms with Crippen molar-refractivity contribution in [2.24, 2.45) is 0 Å². The van der Waals surface area contributed by atoms with Crippen LogP contribution in [0.15, 0.2) is 36.7 Å². The van der Waals surface area contributed by atoms with Crippen LogP contribution < -0.4 is 5.32 Å². The summed E-state index contributed by atoms with van der Waals surface area (Å²) in [6.07, 6.45) is 3.15. The van der Waals surface area contributed by atoms with E-state index in [4.69, 9.17) is 0 Å². The largest absolute Gasteiger partial charge is 0.346 e. The van der Waals surface area contributed by atoms with Gasteiger partial charge in [0.1, 0.15) is 5.82 Å². The van der Waals surface area contributed by atoms with Crippen LogP contribution >= 0.6 is 0 Å². The number of nitrogens with one attached hydrogen (secondary N) is 2. The number of amides is 1. The molecule has 8 heteroatoms. The molecule has 22 heavy (non-hydrogen) atoms. The molecule has 0 fully saturated rings. The summed E-state index contributed by atoms with van der Waals surface area (Å²) < 4.78 is 14.3. The van der Waals surface area contributed by atoms with E-state index < -0.39 is 0 Å². The average Bonchev–Trinajstić information content (AvgIpc) is 3.15. The van der Waals surface area contributed by atoms with Crippen LogP contribution in [0.1, 0.15) is 21.7 Å². The van der Waals surface area contributed by atoms with Crippen molar-refractivity contribution in [1.29, 1.82) is 0 Å². The Bertz CT molecular complexity index is 792. The lowest BCUT2D eigenvalue weighted by Crippen LogP contribution is -2.23. The minimum Gasteiger partial charge on any atom is -0.346 e. The number of carbonyl (C=O) groups excluding carboxylic acids is 1. The van der Waals surface area contributed by atoms with Gasteiger partial charge >= 0.3 is 0 Å². The lowest BCUT2D eigenvalue weighted by atomic mass is 10.2. The smallest absolute Gasteiger partial charge is 0.273 e. The minimum atomic E-state index is -0.339. The molecule has 2 N–H and O–H groups in total. The zero-order valence-electron chi connectivity index (χ0n) is 11.7. The number of hydrogen-bond acceptors (Lipinski definition) is 4. The number of benzene rings is 1. The summed E-state index contributed by atoms with van der Waals surface area (Å²) in [5.74, 6) is -0.675. The molecule has 1 amide bonds. The van der Waals surface area contributed by atoms with Crippen molar-refractivity contribution in [3.8, 4) is 5.69 Å². The molecule has 0 spiro atoms. The monoisotopic (exact) mass is 300 g/mol. The van der Waals surface area contributed by atoms with Crippen LogP contribution in [0.2, 0.25) is 0 Å². The Morgan fingerprint density at radius 2 is 2.14 bits per heavy atom. The third-order valence-corrected chi connectivity index (χ3v) is 3.19. The number of aromatic amines is 1. The molecular formula is C14H13FN6O. The first-order valence-electron chi connectivity index (χ1n) is 6.59. The van der Waals surface area contributed by atoms with Crippen molar-refractivity contribution in [1.82, 2.24) is 30.5 Å². The molecule has 3 aromatic rings. The maximum absolute atomic E-state index is 12.9. The predicted octanol–water partition coefficient (Wildman–Crippen LogP) is 1.37. The summed E-state index contributed by atoms with van der Waals surface area (Å²) in [7, 11) is 0. The second kappa shape index (κ2) is 5.76. The van der Waals surface area contributed by atoms with E-state index in [0.29, 0.717) is 12.2 Å². The van der Waals surface area contributed by atoms with Crippen molar-refractivity contribution in [2.45, 2.75) is 13.5 Å². The van der Waals surface area contributed by atoms with Gasteiger partial charge in [-0.3, -0.25) is 9.89 Å². The zero-order valence-corrected chi connectivity index (χ0v) is 11.7. The van der Waals surface area contributed by atoms with Crippen molar-refractivity contribution in [2.75, 3.05) is 0 Å². The molecule has 0 bridgehead atoms. The van der Waals surface area contributed by atoms with E-state index in [-0.39, 0.29) is 17.4 Å². The van der Waals surface area contributed by atoms with Gasteiger partial charge in [-0.1, -0.05) is 5.21 Å². The van der Waals surface area contributed by atoms with Gasteiger partial charge in [0, 0.05) is 17.8 Å². The number of aryl methyl sites for hydroxylation is 1. The van der Waals surface area contributed by atoms with Crippen LogP contribution in [0, 0.1) is 12.7 Å². The second-order valence-electron chi connectivity index (χ2n) is 4.73. The van der Waals surface area contributed by atoms with E-state index in [1.807, 2.05) is 6.92 Å². The zero-order chi connectivity index (χ0) is 15.5. The van der Waals surface area contributed by atoms with Crippen LogP contribution in [0.5, 0.6) is 0 Å². The normalized spacial score (nSPS) is 10.6. The fraction of sp³-hybridized carbons (Fsp3) is 0.143. The number of rotatable bonds is 4. The van der Waals surface area contributed by atoms with E-state index >= 15 is 0 Å². The lowest BCUT2D eigenvalue weighted by Gasteiger charge is -2.01. The minimum absolute atomic E-state index is 0.186. The van der Waals surface area contributed by atoms with Crippen LogP contribution in [0.25, 0.3) is 5.69 Å². The maximum Gasteiger partial charge on any atom is 0.273 e. The molecule has 0 radical (unpaired) electrons. The van der Waals surface area contributed by atoms with E-state index in [9.17, 15) is 9.18 Å². The van der Waals surface area contributed by atoms with Gasteiger partial charge in [0.05, 0.1) is 18.1 Å². The van der Waals surface area contributed by atoms with Gasteiger partial charge in [0.15, 0.2) is 5.69 Å². The van der Waals surface area contributed by atoms with Gasteiger partial charge < -0.3 is 5.32 Å². The van der Waals surface area contributed by atoms with Gasteiger partial charge in [-0.2, -0.15) is 5.10 Å². The van der Waals surface area contributed by atoms with Crippen molar-refractivity contribution < 1.29 is 9.18 Å². The Balaban J connectivity index is 1.69. The van der Waals surface area contributed by atoms with Crippen molar-refractivity contribution in [3.05, 3.63) is 59.4 Å². The third kappa shape index (κ3) is 2.85. The second-order valence-corrected chi connectivity index (χ2v) is 4.73. The highest BCUT2D eigenvalue weighted by Crippen LogP contribution is 2.08. The third-order valence-electron chi connectivity index (χ3n) is 3.19. The van der Waals surface area contributed by atoms with E-state index in [0.717, 1.165) is 11.3 Å². The summed E-state index contributed by atoms with van der Waals surface area (Å²) in [6.45, 7) is 2.23. The maximum atomic E-state index is 12.9. The molecule has 0 aliphatic heterocycles. The fourth-order valence-electron chi connectivity index (χ4n) is 1.91. The summed E-state index contributed by atoms with van der Waals surface area (Å²) in [4.78, 5) is 12.0. The Morgan fingerprint density at radius 1 is 1.36 bits per heavy atom. The molecule has 2 heterocycles. The van der Waals surface area contributed by atoms with Gasteiger partial charge in [-0.05, 0) is 31.2 Å². The van der Waals surface area contributed by atoms with Crippen molar-refractivity contribution >= 4 is 5.91 Å². The highest BCUT2D eigenvalue weighted by molar-refractivity contribution is 5.91. The summed E-state index contributed by atoms with van der Waals surface area (Å²) in [6, 6.07) is 5.75. The van der Waals surface area contributed by atoms with Crippen LogP contribution in [0.4, 0.5) is 4.39 Å². The number of H-pyrrole nitrogens is 1. The molecule has 0 atom stereocenters. The van der Waals surface area contributed by atoms with E-state index in [1.54, 1.807) is 18.3 Å². The Morgan fingerprint density at radius 3 is 2.82 bits per heavy atom. The summed E-state index contributed by atoms with van der Waals surface area (Å²) >= 11 is 0. The number of nitrogens with zero attached hydrogens (tertiary/aromatic N) is 4. The number of hydrogen-bond donors (Lipinski definition) is 2. The molecule has 112 valence electrons. The highest BCUT2D eigenvalue weighted by Gasteiger charge is 2.12. The molecule has 0 unspecified atom stereocenters. The Kier molecular flexibility index (Phi) is 3.65. The predicted molar refractivity (Wildman–Crippen MR) is 75.8 cm³/mol. The number of halogens is 1. The molecule has 2 aromatic heterocycles. The van der Waals surface area contributed by atoms with E-state index in [1.165, 1.54) is 23.0 Å². The number of aromatic nitrogens is 5. The Labute approximate surface area is 125 Å². The SMILES string of the molecule is Cc1[nH]ncc1CNC(=O)c1cn(-c2ccc(F)cc2)nn1. The molecule has 0 aliphatic rings. The summed E-state index contributed by atoms with van der Waals surface area (Å²) in [5.41, 5.74) is 2.61. The molecule has 0 saturated carbocycles. The molecule has 0 aliphatic carbocycles. The fourth-order valence-corrected chi connectivity index (χ4v) is 1.91. The number of carbonyl (C=O) groups is 1. The first kappa shape index (κ1) is 13.9. The molecule has 1 aromatic carbocycles. The molecular weight excluding hydrogens is 287 g/mol. The van der Waals surface area contributed by atoms with Gasteiger partial charge in [-0.15, -0.1) is 5.10 Å². The van der Waals surface area contributed by atoms with Gasteiger partial charge in [-0.25, -0.2) is 9.07 Å². The first-order chi connectivity index (χ1) is 10.6. The van der Waals surface area contributed by atoms with Crippen LogP contribution in [-0.2, 0) is 6.54 Å². The highest BCUT2D eigenvalue weighted by atomic mass is 19.1. The van der Waals surface area contributed by atoms with Crippen molar-refractivity contribution in [3.63, 3.8) is 0 Å². The van der Waals surface area contributed by atoms with Crippen LogP contribution in [-0.4, -0.2) is 31.1 Å². The molecule has 7 nitrogen and oxygen atoms in total. The lowest BCUT2D eigenvalue weighted by molar-refractivity contribution is 0.0946. The quantitative estimate of drug-likeness (QED) is 0.761. The van der Waals surface area contributed by atoms with Gasteiger partial charge in [0.2, 0.25) is 0 Å².